The standard InChI is InChI=1S/C12H16BrNO/c1-9(13)8-14-12(15)10(2)11-6-4-3-5-7-11/h3-7,9-10H,8H2,1-2H3,(H,14,15). The van der Waals surface area contributed by atoms with E-state index in [2.05, 4.69) is 21.2 Å². The lowest BCUT2D eigenvalue weighted by Gasteiger charge is -2.13. The second kappa shape index (κ2) is 5.91. The van der Waals surface area contributed by atoms with Crippen LogP contribution in [-0.4, -0.2) is 17.3 Å². The van der Waals surface area contributed by atoms with Crippen LogP contribution in [0.3, 0.4) is 0 Å². The fourth-order valence-electron chi connectivity index (χ4n) is 1.29. The highest BCUT2D eigenvalue weighted by atomic mass is 79.9. The average Bonchev–Trinajstić information content (AvgIpc) is 2.26. The fraction of sp³-hybridized carbons (Fsp3) is 0.417. The molecule has 0 aliphatic carbocycles. The zero-order chi connectivity index (χ0) is 11.3. The molecule has 0 fully saturated rings. The molecule has 2 nitrogen and oxygen atoms in total. The summed E-state index contributed by atoms with van der Waals surface area (Å²) in [6.07, 6.45) is 0. The first-order valence-electron chi connectivity index (χ1n) is 5.08. The predicted molar refractivity (Wildman–Crippen MR) is 66.3 cm³/mol. The summed E-state index contributed by atoms with van der Waals surface area (Å²) in [6.45, 7) is 4.59. The molecule has 2 unspecified atom stereocenters. The number of rotatable bonds is 4. The lowest BCUT2D eigenvalue weighted by molar-refractivity contribution is -0.122. The van der Waals surface area contributed by atoms with Gasteiger partial charge in [0.2, 0.25) is 5.91 Å². The Balaban J connectivity index is 2.54. The Morgan fingerprint density at radius 1 is 1.33 bits per heavy atom. The second-order valence-corrected chi connectivity index (χ2v) is 5.22. The Bertz CT molecular complexity index is 311. The molecule has 1 amide bonds. The Morgan fingerprint density at radius 3 is 2.47 bits per heavy atom. The van der Waals surface area contributed by atoms with E-state index in [1.54, 1.807) is 0 Å². The van der Waals surface area contributed by atoms with Crippen molar-refractivity contribution in [3.8, 4) is 0 Å². The molecule has 0 saturated heterocycles. The van der Waals surface area contributed by atoms with Gasteiger partial charge in [-0.05, 0) is 12.5 Å². The molecule has 82 valence electrons. The molecule has 0 aliphatic rings. The number of amides is 1. The molecule has 0 aromatic heterocycles. The zero-order valence-corrected chi connectivity index (χ0v) is 10.6. The van der Waals surface area contributed by atoms with Gasteiger partial charge in [0.15, 0.2) is 0 Å². The molecule has 15 heavy (non-hydrogen) atoms. The molecule has 0 aliphatic heterocycles. The molecular weight excluding hydrogens is 254 g/mol. The van der Waals surface area contributed by atoms with Gasteiger partial charge in [0.05, 0.1) is 5.92 Å². The minimum atomic E-state index is -0.0857. The molecule has 1 aromatic rings. The summed E-state index contributed by atoms with van der Waals surface area (Å²) in [7, 11) is 0. The van der Waals surface area contributed by atoms with Crippen molar-refractivity contribution < 1.29 is 4.79 Å². The average molecular weight is 270 g/mol. The summed E-state index contributed by atoms with van der Waals surface area (Å²) in [6, 6.07) is 9.80. The van der Waals surface area contributed by atoms with Crippen molar-refractivity contribution in [2.24, 2.45) is 0 Å². The number of carbonyl (C=O) groups is 1. The van der Waals surface area contributed by atoms with Crippen LogP contribution < -0.4 is 5.32 Å². The number of hydrogen-bond donors (Lipinski definition) is 1. The number of alkyl halides is 1. The Kier molecular flexibility index (Phi) is 4.82. The van der Waals surface area contributed by atoms with E-state index in [4.69, 9.17) is 0 Å². The van der Waals surface area contributed by atoms with Crippen LogP contribution in [0.2, 0.25) is 0 Å². The summed E-state index contributed by atoms with van der Waals surface area (Å²) in [5.74, 6) is -0.00931. The highest BCUT2D eigenvalue weighted by Crippen LogP contribution is 2.14. The highest BCUT2D eigenvalue weighted by molar-refractivity contribution is 9.09. The Morgan fingerprint density at radius 2 is 1.93 bits per heavy atom. The first-order valence-corrected chi connectivity index (χ1v) is 5.99. The van der Waals surface area contributed by atoms with Gasteiger partial charge < -0.3 is 5.32 Å². The maximum atomic E-state index is 11.7. The van der Waals surface area contributed by atoms with Crippen LogP contribution in [0, 0.1) is 0 Å². The van der Waals surface area contributed by atoms with Crippen molar-refractivity contribution >= 4 is 21.8 Å². The number of nitrogens with one attached hydrogen (secondary N) is 1. The normalized spacial score (nSPS) is 14.3. The molecule has 0 bridgehead atoms. The largest absolute Gasteiger partial charge is 0.354 e. The second-order valence-electron chi connectivity index (χ2n) is 3.66. The zero-order valence-electron chi connectivity index (χ0n) is 9.03. The van der Waals surface area contributed by atoms with Crippen molar-refractivity contribution in [1.82, 2.24) is 5.32 Å². The third kappa shape index (κ3) is 4.04. The summed E-state index contributed by atoms with van der Waals surface area (Å²) in [5.41, 5.74) is 1.05. The maximum absolute atomic E-state index is 11.7. The van der Waals surface area contributed by atoms with Crippen LogP contribution in [0.1, 0.15) is 25.3 Å². The van der Waals surface area contributed by atoms with Crippen molar-refractivity contribution in [2.75, 3.05) is 6.54 Å². The van der Waals surface area contributed by atoms with E-state index in [1.807, 2.05) is 44.2 Å². The van der Waals surface area contributed by atoms with Crippen molar-refractivity contribution in [3.05, 3.63) is 35.9 Å². The van der Waals surface area contributed by atoms with Crippen molar-refractivity contribution in [1.29, 1.82) is 0 Å². The van der Waals surface area contributed by atoms with E-state index in [1.165, 1.54) is 0 Å². The molecule has 0 saturated carbocycles. The molecule has 0 heterocycles. The van der Waals surface area contributed by atoms with Gasteiger partial charge in [-0.1, -0.05) is 53.2 Å². The fourth-order valence-corrected chi connectivity index (χ4v) is 1.45. The molecule has 1 aromatic carbocycles. The first kappa shape index (κ1) is 12.2. The van der Waals surface area contributed by atoms with Crippen LogP contribution >= 0.6 is 15.9 Å². The van der Waals surface area contributed by atoms with Crippen LogP contribution in [0.4, 0.5) is 0 Å². The number of hydrogen-bond acceptors (Lipinski definition) is 1. The van der Waals surface area contributed by atoms with Gasteiger partial charge in [-0.25, -0.2) is 0 Å². The Labute approximate surface area is 99.2 Å². The first-order chi connectivity index (χ1) is 7.11. The predicted octanol–water partition coefficient (Wildman–Crippen LogP) is 2.69. The van der Waals surface area contributed by atoms with Gasteiger partial charge in [-0.15, -0.1) is 0 Å². The molecule has 0 spiro atoms. The topological polar surface area (TPSA) is 29.1 Å². The van der Waals surface area contributed by atoms with Gasteiger partial charge in [-0.3, -0.25) is 4.79 Å². The monoisotopic (exact) mass is 269 g/mol. The van der Waals surface area contributed by atoms with Crippen molar-refractivity contribution in [3.63, 3.8) is 0 Å². The number of carbonyl (C=O) groups excluding carboxylic acids is 1. The van der Waals surface area contributed by atoms with E-state index in [9.17, 15) is 4.79 Å². The Hall–Kier alpha value is -0.830. The molecule has 0 radical (unpaired) electrons. The van der Waals surface area contributed by atoms with Gasteiger partial charge in [-0.2, -0.15) is 0 Å². The van der Waals surface area contributed by atoms with Crippen molar-refractivity contribution in [2.45, 2.75) is 24.6 Å². The van der Waals surface area contributed by atoms with Crippen LogP contribution in [0.15, 0.2) is 30.3 Å². The molecule has 1 N–H and O–H groups in total. The third-order valence-electron chi connectivity index (χ3n) is 2.25. The summed E-state index contributed by atoms with van der Waals surface area (Å²) >= 11 is 3.39. The minimum absolute atomic E-state index is 0.0764. The van der Waals surface area contributed by atoms with Gasteiger partial charge in [0.25, 0.3) is 0 Å². The van der Waals surface area contributed by atoms with Gasteiger partial charge in [0.1, 0.15) is 0 Å². The number of halogens is 1. The smallest absolute Gasteiger partial charge is 0.227 e. The third-order valence-corrected chi connectivity index (χ3v) is 2.57. The SMILES string of the molecule is CC(Br)CNC(=O)C(C)c1ccccc1. The van der Waals surface area contributed by atoms with Crippen LogP contribution in [0.25, 0.3) is 0 Å². The van der Waals surface area contributed by atoms with E-state index in [0.29, 0.717) is 11.4 Å². The van der Waals surface area contributed by atoms with E-state index >= 15 is 0 Å². The molecule has 2 atom stereocenters. The van der Waals surface area contributed by atoms with Gasteiger partial charge >= 0.3 is 0 Å². The lowest BCUT2D eigenvalue weighted by Crippen LogP contribution is -2.31. The highest BCUT2D eigenvalue weighted by Gasteiger charge is 2.14. The maximum Gasteiger partial charge on any atom is 0.227 e. The summed E-state index contributed by atoms with van der Waals surface area (Å²) in [4.78, 5) is 12.0. The lowest BCUT2D eigenvalue weighted by atomic mass is 10.0. The quantitative estimate of drug-likeness (QED) is 0.837. The number of benzene rings is 1. The van der Waals surface area contributed by atoms with Crippen LogP contribution in [-0.2, 0) is 4.79 Å². The molecule has 3 heteroatoms. The van der Waals surface area contributed by atoms with Gasteiger partial charge in [0, 0.05) is 11.4 Å². The summed E-state index contributed by atoms with van der Waals surface area (Å²) < 4.78 is 0. The van der Waals surface area contributed by atoms with E-state index < -0.39 is 0 Å². The van der Waals surface area contributed by atoms with Crippen LogP contribution in [0.5, 0.6) is 0 Å². The van der Waals surface area contributed by atoms with E-state index in [0.717, 1.165) is 5.56 Å². The minimum Gasteiger partial charge on any atom is -0.354 e. The molecule has 1 rings (SSSR count). The molecular formula is C12H16BrNO. The van der Waals surface area contributed by atoms with E-state index in [-0.39, 0.29) is 11.8 Å². The summed E-state index contributed by atoms with van der Waals surface area (Å²) in [5, 5.41) is 2.89.